The van der Waals surface area contributed by atoms with Crippen LogP contribution in [0.5, 0.6) is 11.5 Å². The third-order valence-electron chi connectivity index (χ3n) is 4.39. The normalized spacial score (nSPS) is 17.2. The molecule has 2 heterocycles. The molecule has 1 atom stereocenters. The average Bonchev–Trinajstić information content (AvgIpc) is 3.20. The topological polar surface area (TPSA) is 63.7 Å². The standard InChI is InChI=1S/C18H23N3O3S/c1-23-15-7-6-13(11-16(15)24-2)12-20-18(22)21-9-4-3-5-14(21)17-19-8-10-25-17/h6-8,10-11,14H,3-5,9,12H2,1-2H3,(H,20,22)/t14-/m0/s1. The monoisotopic (exact) mass is 361 g/mol. The molecular formula is C18H23N3O3S. The van der Waals surface area contributed by atoms with Gasteiger partial charge in [0.05, 0.1) is 20.3 Å². The highest BCUT2D eigenvalue weighted by Crippen LogP contribution is 2.32. The van der Waals surface area contributed by atoms with E-state index in [2.05, 4.69) is 10.3 Å². The fourth-order valence-electron chi connectivity index (χ4n) is 3.10. The number of aromatic nitrogens is 1. The van der Waals surface area contributed by atoms with Crippen LogP contribution in [0.15, 0.2) is 29.8 Å². The van der Waals surface area contributed by atoms with Gasteiger partial charge in [0.1, 0.15) is 5.01 Å². The van der Waals surface area contributed by atoms with Crippen LogP contribution in [0.4, 0.5) is 4.79 Å². The van der Waals surface area contributed by atoms with Gasteiger partial charge in [0.15, 0.2) is 11.5 Å². The smallest absolute Gasteiger partial charge is 0.318 e. The maximum absolute atomic E-state index is 12.7. The minimum Gasteiger partial charge on any atom is -0.493 e. The molecule has 134 valence electrons. The van der Waals surface area contributed by atoms with Crippen LogP contribution < -0.4 is 14.8 Å². The molecule has 1 fully saturated rings. The van der Waals surface area contributed by atoms with Crippen molar-refractivity contribution in [1.82, 2.24) is 15.2 Å². The van der Waals surface area contributed by atoms with Crippen LogP contribution >= 0.6 is 11.3 Å². The molecule has 25 heavy (non-hydrogen) atoms. The van der Waals surface area contributed by atoms with Crippen molar-refractivity contribution >= 4 is 17.4 Å². The maximum Gasteiger partial charge on any atom is 0.318 e. The number of urea groups is 1. The number of likely N-dealkylation sites (tertiary alicyclic amines) is 1. The molecule has 0 aliphatic carbocycles. The second-order valence-corrected chi connectivity index (χ2v) is 6.85. The molecular weight excluding hydrogens is 338 g/mol. The van der Waals surface area contributed by atoms with Gasteiger partial charge in [0.25, 0.3) is 0 Å². The first-order chi connectivity index (χ1) is 12.2. The number of hydrogen-bond donors (Lipinski definition) is 1. The Morgan fingerprint density at radius 1 is 1.32 bits per heavy atom. The summed E-state index contributed by atoms with van der Waals surface area (Å²) in [4.78, 5) is 19.0. The molecule has 1 N–H and O–H groups in total. The molecule has 0 spiro atoms. The van der Waals surface area contributed by atoms with E-state index in [-0.39, 0.29) is 12.1 Å². The number of rotatable bonds is 5. The number of carbonyl (C=O) groups is 1. The molecule has 1 aromatic carbocycles. The first-order valence-electron chi connectivity index (χ1n) is 8.37. The lowest BCUT2D eigenvalue weighted by molar-refractivity contribution is 0.151. The summed E-state index contributed by atoms with van der Waals surface area (Å²) < 4.78 is 10.6. The predicted octanol–water partition coefficient (Wildman–Crippen LogP) is 3.60. The van der Waals surface area contributed by atoms with Crippen molar-refractivity contribution < 1.29 is 14.3 Å². The molecule has 7 heteroatoms. The predicted molar refractivity (Wildman–Crippen MR) is 97.2 cm³/mol. The molecule has 1 saturated heterocycles. The Labute approximate surface area is 151 Å². The zero-order chi connectivity index (χ0) is 17.6. The first kappa shape index (κ1) is 17.5. The fraction of sp³-hybridized carbons (Fsp3) is 0.444. The van der Waals surface area contributed by atoms with Crippen molar-refractivity contribution in [1.29, 1.82) is 0 Å². The number of nitrogens with zero attached hydrogens (tertiary/aromatic N) is 2. The van der Waals surface area contributed by atoms with Crippen LogP contribution in [0.25, 0.3) is 0 Å². The van der Waals surface area contributed by atoms with Gasteiger partial charge in [-0.1, -0.05) is 6.07 Å². The number of nitrogens with one attached hydrogen (secondary N) is 1. The van der Waals surface area contributed by atoms with Crippen LogP contribution in [0.1, 0.15) is 35.9 Å². The van der Waals surface area contributed by atoms with Gasteiger partial charge in [-0.05, 0) is 37.0 Å². The number of thiazole rings is 1. The molecule has 2 amide bonds. The van der Waals surface area contributed by atoms with Crippen LogP contribution in [0.3, 0.4) is 0 Å². The van der Waals surface area contributed by atoms with E-state index in [0.29, 0.717) is 18.0 Å². The number of hydrogen-bond acceptors (Lipinski definition) is 5. The first-order valence-corrected chi connectivity index (χ1v) is 9.25. The number of methoxy groups -OCH3 is 2. The highest BCUT2D eigenvalue weighted by molar-refractivity contribution is 7.09. The lowest BCUT2D eigenvalue weighted by Gasteiger charge is -2.34. The molecule has 0 saturated carbocycles. The minimum atomic E-state index is -0.0466. The zero-order valence-corrected chi connectivity index (χ0v) is 15.3. The van der Waals surface area contributed by atoms with Crippen molar-refractivity contribution in [3.8, 4) is 11.5 Å². The van der Waals surface area contributed by atoms with Gasteiger partial charge in [-0.2, -0.15) is 0 Å². The maximum atomic E-state index is 12.7. The Balaban J connectivity index is 1.65. The Morgan fingerprint density at radius 3 is 2.88 bits per heavy atom. The number of benzene rings is 1. The average molecular weight is 361 g/mol. The van der Waals surface area contributed by atoms with E-state index in [1.54, 1.807) is 31.8 Å². The summed E-state index contributed by atoms with van der Waals surface area (Å²) in [6.45, 7) is 1.21. The van der Waals surface area contributed by atoms with Gasteiger partial charge in [-0.25, -0.2) is 9.78 Å². The van der Waals surface area contributed by atoms with Gasteiger partial charge in [0.2, 0.25) is 0 Å². The second-order valence-electron chi connectivity index (χ2n) is 5.92. The summed E-state index contributed by atoms with van der Waals surface area (Å²) in [5.41, 5.74) is 0.966. The molecule has 6 nitrogen and oxygen atoms in total. The lowest BCUT2D eigenvalue weighted by atomic mass is 10.0. The van der Waals surface area contributed by atoms with Gasteiger partial charge in [0, 0.05) is 24.7 Å². The van der Waals surface area contributed by atoms with E-state index < -0.39 is 0 Å². The van der Waals surface area contributed by atoms with E-state index in [9.17, 15) is 4.79 Å². The van der Waals surface area contributed by atoms with Crippen LogP contribution in [0.2, 0.25) is 0 Å². The lowest BCUT2D eigenvalue weighted by Crippen LogP contribution is -2.44. The quantitative estimate of drug-likeness (QED) is 0.884. The summed E-state index contributed by atoms with van der Waals surface area (Å²) in [7, 11) is 3.21. The molecule has 0 radical (unpaired) electrons. The Bertz CT molecular complexity index is 706. The van der Waals surface area contributed by atoms with Crippen molar-refractivity contribution in [3.05, 3.63) is 40.3 Å². The number of piperidine rings is 1. The van der Waals surface area contributed by atoms with Crippen molar-refractivity contribution in [2.24, 2.45) is 0 Å². The van der Waals surface area contributed by atoms with Gasteiger partial charge >= 0.3 is 6.03 Å². The third-order valence-corrected chi connectivity index (χ3v) is 5.27. The van der Waals surface area contributed by atoms with Crippen molar-refractivity contribution in [2.45, 2.75) is 31.8 Å². The number of ether oxygens (including phenoxy) is 2. The van der Waals surface area contributed by atoms with E-state index >= 15 is 0 Å². The molecule has 2 aromatic rings. The molecule has 1 aromatic heterocycles. The fourth-order valence-corrected chi connectivity index (χ4v) is 3.89. The SMILES string of the molecule is COc1ccc(CNC(=O)N2CCCC[C@H]2c2nccs2)cc1OC. The summed E-state index contributed by atoms with van der Waals surface area (Å²) in [5, 5.41) is 5.99. The van der Waals surface area contributed by atoms with E-state index in [1.165, 1.54) is 0 Å². The number of amides is 2. The highest BCUT2D eigenvalue weighted by atomic mass is 32.1. The molecule has 1 aliphatic heterocycles. The van der Waals surface area contributed by atoms with E-state index in [0.717, 1.165) is 36.4 Å². The van der Waals surface area contributed by atoms with Crippen LogP contribution in [0, 0.1) is 0 Å². The second kappa shape index (κ2) is 8.20. The van der Waals surface area contributed by atoms with Gasteiger partial charge in [-0.3, -0.25) is 0 Å². The zero-order valence-electron chi connectivity index (χ0n) is 14.5. The Kier molecular flexibility index (Phi) is 5.75. The molecule has 0 bridgehead atoms. The third kappa shape index (κ3) is 4.04. The molecule has 3 rings (SSSR count). The summed E-state index contributed by atoms with van der Waals surface area (Å²) in [5.74, 6) is 1.34. The van der Waals surface area contributed by atoms with E-state index in [1.807, 2.05) is 28.5 Å². The van der Waals surface area contributed by atoms with Crippen LogP contribution in [-0.4, -0.2) is 36.7 Å². The largest absolute Gasteiger partial charge is 0.493 e. The van der Waals surface area contributed by atoms with Crippen LogP contribution in [-0.2, 0) is 6.54 Å². The summed E-state index contributed by atoms with van der Waals surface area (Å²) in [6, 6.07) is 5.69. The van der Waals surface area contributed by atoms with Gasteiger partial charge < -0.3 is 19.7 Å². The number of carbonyl (C=O) groups excluding carboxylic acids is 1. The Morgan fingerprint density at radius 2 is 2.16 bits per heavy atom. The molecule has 1 aliphatic rings. The van der Waals surface area contributed by atoms with Gasteiger partial charge in [-0.15, -0.1) is 11.3 Å². The summed E-state index contributed by atoms with van der Waals surface area (Å²) in [6.07, 6.45) is 4.93. The summed E-state index contributed by atoms with van der Waals surface area (Å²) >= 11 is 1.61. The minimum absolute atomic E-state index is 0.0466. The molecule has 0 unspecified atom stereocenters. The van der Waals surface area contributed by atoms with Crippen molar-refractivity contribution in [2.75, 3.05) is 20.8 Å². The Hall–Kier alpha value is -2.28. The van der Waals surface area contributed by atoms with Crippen molar-refractivity contribution in [3.63, 3.8) is 0 Å². The highest BCUT2D eigenvalue weighted by Gasteiger charge is 2.29. The van der Waals surface area contributed by atoms with E-state index in [4.69, 9.17) is 9.47 Å².